The van der Waals surface area contributed by atoms with E-state index in [2.05, 4.69) is 4.72 Å². The van der Waals surface area contributed by atoms with Gasteiger partial charge in [-0.05, 0) is 44.4 Å². The molecular formula is C21H29NO3S2. The van der Waals surface area contributed by atoms with Crippen LogP contribution in [-0.2, 0) is 20.8 Å². The van der Waals surface area contributed by atoms with Crippen molar-refractivity contribution in [1.82, 2.24) is 4.72 Å². The summed E-state index contributed by atoms with van der Waals surface area (Å²) in [5.41, 5.74) is 0.813. The standard InChI is InChI=1S/C21H29NO3S2/c1-16(2)20(27(24,25)18-14-10-7-11-15-18)19(17-12-8-6-9-13-17)22-26(23)21(3,4)5/h6-16,19-20,22H,1-5H3/t19-,20+,26+/m1/s1. The quantitative estimate of drug-likeness (QED) is 0.745. The smallest absolute Gasteiger partial charge is 0.183 e. The van der Waals surface area contributed by atoms with Gasteiger partial charge in [-0.3, -0.25) is 0 Å². The Kier molecular flexibility index (Phi) is 7.00. The van der Waals surface area contributed by atoms with Crippen molar-refractivity contribution in [2.45, 2.75) is 55.6 Å². The van der Waals surface area contributed by atoms with Crippen LogP contribution in [0.25, 0.3) is 0 Å². The molecule has 0 saturated carbocycles. The molecule has 148 valence electrons. The van der Waals surface area contributed by atoms with Crippen LogP contribution in [0, 0.1) is 5.92 Å². The van der Waals surface area contributed by atoms with Crippen molar-refractivity contribution < 1.29 is 12.6 Å². The van der Waals surface area contributed by atoms with Crippen LogP contribution in [-0.4, -0.2) is 22.6 Å². The molecule has 0 heterocycles. The summed E-state index contributed by atoms with van der Waals surface area (Å²) < 4.78 is 42.4. The minimum absolute atomic E-state index is 0.176. The minimum atomic E-state index is -3.64. The first kappa shape index (κ1) is 21.8. The lowest BCUT2D eigenvalue weighted by Gasteiger charge is -2.33. The predicted molar refractivity (Wildman–Crippen MR) is 112 cm³/mol. The molecule has 6 heteroatoms. The lowest BCUT2D eigenvalue weighted by atomic mass is 9.97. The molecule has 4 nitrogen and oxygen atoms in total. The molecule has 2 aromatic carbocycles. The number of hydrogen-bond donors (Lipinski definition) is 1. The third kappa shape index (κ3) is 5.27. The maximum Gasteiger partial charge on any atom is 0.183 e. The van der Waals surface area contributed by atoms with Gasteiger partial charge in [0.2, 0.25) is 0 Å². The first-order valence-electron chi connectivity index (χ1n) is 9.07. The van der Waals surface area contributed by atoms with E-state index in [1.807, 2.05) is 65.0 Å². The van der Waals surface area contributed by atoms with E-state index >= 15 is 0 Å². The zero-order valence-corrected chi connectivity index (χ0v) is 18.2. The van der Waals surface area contributed by atoms with Gasteiger partial charge in [0.25, 0.3) is 0 Å². The monoisotopic (exact) mass is 407 g/mol. The zero-order chi connectivity index (χ0) is 20.2. The van der Waals surface area contributed by atoms with Crippen LogP contribution in [0.4, 0.5) is 0 Å². The largest absolute Gasteiger partial charge is 0.242 e. The highest BCUT2D eigenvalue weighted by atomic mass is 32.2. The summed E-state index contributed by atoms with van der Waals surface area (Å²) in [6.45, 7) is 9.39. The molecule has 0 radical (unpaired) electrons. The second kappa shape index (κ2) is 8.67. The molecule has 2 aromatic rings. The second-order valence-corrected chi connectivity index (χ2v) is 12.1. The molecule has 0 saturated heterocycles. The summed E-state index contributed by atoms with van der Waals surface area (Å²) >= 11 is 0. The highest BCUT2D eigenvalue weighted by Gasteiger charge is 2.39. The maximum atomic E-state index is 13.5. The topological polar surface area (TPSA) is 63.2 Å². The summed E-state index contributed by atoms with van der Waals surface area (Å²) in [7, 11) is -5.05. The number of nitrogens with one attached hydrogen (secondary N) is 1. The van der Waals surface area contributed by atoms with Crippen LogP contribution in [0.2, 0.25) is 0 Å². The van der Waals surface area contributed by atoms with Gasteiger partial charge in [0, 0.05) is 0 Å². The molecule has 1 N–H and O–H groups in total. The molecular weight excluding hydrogens is 378 g/mol. The van der Waals surface area contributed by atoms with Gasteiger partial charge in [-0.15, -0.1) is 0 Å². The Bertz CT molecular complexity index is 857. The van der Waals surface area contributed by atoms with Crippen molar-refractivity contribution in [2.24, 2.45) is 5.92 Å². The van der Waals surface area contributed by atoms with Crippen LogP contribution < -0.4 is 4.72 Å². The average molecular weight is 408 g/mol. The van der Waals surface area contributed by atoms with E-state index in [0.717, 1.165) is 5.56 Å². The fourth-order valence-corrected chi connectivity index (χ4v) is 6.07. The van der Waals surface area contributed by atoms with Gasteiger partial charge >= 0.3 is 0 Å². The third-order valence-electron chi connectivity index (χ3n) is 4.36. The zero-order valence-electron chi connectivity index (χ0n) is 16.5. The van der Waals surface area contributed by atoms with Gasteiger partial charge < -0.3 is 0 Å². The van der Waals surface area contributed by atoms with E-state index in [-0.39, 0.29) is 10.8 Å². The molecule has 0 unspecified atom stereocenters. The van der Waals surface area contributed by atoms with Crippen LogP contribution in [0.3, 0.4) is 0 Å². The Morgan fingerprint density at radius 3 is 1.81 bits per heavy atom. The van der Waals surface area contributed by atoms with Crippen molar-refractivity contribution in [3.05, 3.63) is 66.2 Å². The SMILES string of the molecule is CC(C)[C@@H]([C@H](N[S@@](=O)C(C)(C)C)c1ccccc1)S(=O)(=O)c1ccccc1. The van der Waals surface area contributed by atoms with Gasteiger partial charge in [-0.1, -0.05) is 62.4 Å². The highest BCUT2D eigenvalue weighted by molar-refractivity contribution is 7.92. The summed E-state index contributed by atoms with van der Waals surface area (Å²) in [6.07, 6.45) is 0. The van der Waals surface area contributed by atoms with Crippen LogP contribution in [0.5, 0.6) is 0 Å². The van der Waals surface area contributed by atoms with E-state index in [0.29, 0.717) is 0 Å². The normalized spacial score (nSPS) is 16.1. The molecule has 27 heavy (non-hydrogen) atoms. The van der Waals surface area contributed by atoms with E-state index < -0.39 is 36.9 Å². The Morgan fingerprint density at radius 2 is 1.37 bits per heavy atom. The molecule has 0 aliphatic heterocycles. The Labute approximate surface area is 165 Å². The van der Waals surface area contributed by atoms with Crippen molar-refractivity contribution in [2.75, 3.05) is 0 Å². The maximum absolute atomic E-state index is 13.5. The second-order valence-electron chi connectivity index (χ2n) is 7.95. The van der Waals surface area contributed by atoms with Gasteiger partial charge in [0.1, 0.15) is 0 Å². The van der Waals surface area contributed by atoms with Gasteiger partial charge in [-0.25, -0.2) is 17.3 Å². The number of rotatable bonds is 7. The van der Waals surface area contributed by atoms with Crippen molar-refractivity contribution in [1.29, 1.82) is 0 Å². The van der Waals surface area contributed by atoms with E-state index in [4.69, 9.17) is 0 Å². The first-order valence-corrected chi connectivity index (χ1v) is 11.8. The lowest BCUT2D eigenvalue weighted by Crippen LogP contribution is -2.45. The number of sulfone groups is 1. The summed E-state index contributed by atoms with van der Waals surface area (Å²) in [6, 6.07) is 17.3. The average Bonchev–Trinajstić information content (AvgIpc) is 2.61. The molecule has 3 atom stereocenters. The summed E-state index contributed by atoms with van der Waals surface area (Å²) in [5.74, 6) is -0.176. The van der Waals surface area contributed by atoms with E-state index in [1.54, 1.807) is 30.3 Å². The van der Waals surface area contributed by atoms with E-state index in [1.165, 1.54) is 0 Å². The molecule has 0 aliphatic carbocycles. The number of benzene rings is 2. The fourth-order valence-electron chi connectivity index (χ4n) is 2.97. The molecule has 0 aromatic heterocycles. The molecule has 0 aliphatic rings. The predicted octanol–water partition coefficient (Wildman–Crippen LogP) is 4.28. The van der Waals surface area contributed by atoms with Crippen molar-refractivity contribution in [3.63, 3.8) is 0 Å². The molecule has 0 fully saturated rings. The molecule has 0 amide bonds. The van der Waals surface area contributed by atoms with Crippen LogP contribution in [0.1, 0.15) is 46.2 Å². The third-order valence-corrected chi connectivity index (χ3v) is 8.41. The fraction of sp³-hybridized carbons (Fsp3) is 0.429. The minimum Gasteiger partial charge on any atom is -0.242 e. The van der Waals surface area contributed by atoms with E-state index in [9.17, 15) is 12.6 Å². The Balaban J connectivity index is 2.57. The lowest BCUT2D eigenvalue weighted by molar-refractivity contribution is 0.461. The van der Waals surface area contributed by atoms with Crippen LogP contribution in [0.15, 0.2) is 65.6 Å². The molecule has 2 rings (SSSR count). The Morgan fingerprint density at radius 1 is 0.889 bits per heavy atom. The highest BCUT2D eigenvalue weighted by Crippen LogP contribution is 2.33. The summed E-state index contributed by atoms with van der Waals surface area (Å²) in [5, 5.41) is -0.756. The van der Waals surface area contributed by atoms with Crippen molar-refractivity contribution >= 4 is 20.8 Å². The Hall–Kier alpha value is -1.50. The van der Waals surface area contributed by atoms with Crippen molar-refractivity contribution in [3.8, 4) is 0 Å². The van der Waals surface area contributed by atoms with Crippen LogP contribution >= 0.6 is 0 Å². The first-order chi connectivity index (χ1) is 12.5. The van der Waals surface area contributed by atoms with Gasteiger partial charge in [0.05, 0.1) is 31.9 Å². The number of hydrogen-bond acceptors (Lipinski definition) is 3. The van der Waals surface area contributed by atoms with Gasteiger partial charge in [0.15, 0.2) is 9.84 Å². The van der Waals surface area contributed by atoms with Gasteiger partial charge in [-0.2, -0.15) is 0 Å². The molecule has 0 spiro atoms. The summed E-state index contributed by atoms with van der Waals surface area (Å²) in [4.78, 5) is 0.285. The molecule has 0 bridgehead atoms.